The maximum atomic E-state index is 9.94. The summed E-state index contributed by atoms with van der Waals surface area (Å²) in [5.41, 5.74) is 1.89. The Labute approximate surface area is 91.1 Å². The smallest absolute Gasteiger partial charge is 0.235 e. The number of nitrogens with zero attached hydrogens (tertiary/aromatic N) is 2. The summed E-state index contributed by atoms with van der Waals surface area (Å²) in [5, 5.41) is 2.86. The van der Waals surface area contributed by atoms with Crippen molar-refractivity contribution in [3.63, 3.8) is 0 Å². The third kappa shape index (κ3) is 2.37. The van der Waals surface area contributed by atoms with Crippen LogP contribution in [-0.2, 0) is 11.3 Å². The minimum absolute atomic E-state index is 0.312. The zero-order valence-corrected chi connectivity index (χ0v) is 8.70. The quantitative estimate of drug-likeness (QED) is 0.584. The number of benzene rings is 1. The van der Waals surface area contributed by atoms with E-state index in [0.717, 1.165) is 16.3 Å². The van der Waals surface area contributed by atoms with Crippen LogP contribution in [0.5, 0.6) is 0 Å². The number of rotatable bonds is 3. The van der Waals surface area contributed by atoms with E-state index in [1.807, 2.05) is 35.7 Å². The Morgan fingerprint density at radius 3 is 2.87 bits per heavy atom. The lowest BCUT2D eigenvalue weighted by molar-refractivity contribution is 0.562. The third-order valence-corrected chi connectivity index (χ3v) is 2.82. The average Bonchev–Trinajstić information content (AvgIpc) is 2.76. The Bertz CT molecular complexity index is 486. The zero-order chi connectivity index (χ0) is 10.5. The molecule has 0 aliphatic heterocycles. The van der Waals surface area contributed by atoms with Crippen molar-refractivity contribution < 1.29 is 4.79 Å². The molecule has 1 aromatic heterocycles. The molecule has 0 amide bonds. The fourth-order valence-corrected chi connectivity index (χ4v) is 2.02. The van der Waals surface area contributed by atoms with E-state index < -0.39 is 0 Å². The fraction of sp³-hybridized carbons (Fsp3) is 0.0909. The highest BCUT2D eigenvalue weighted by Gasteiger charge is 2.02. The molecule has 0 radical (unpaired) electrons. The summed E-state index contributed by atoms with van der Waals surface area (Å²) in [7, 11) is 0. The first-order chi connectivity index (χ1) is 7.40. The summed E-state index contributed by atoms with van der Waals surface area (Å²) in [6, 6.07) is 9.92. The van der Waals surface area contributed by atoms with Crippen molar-refractivity contribution in [1.82, 2.24) is 4.98 Å². The van der Waals surface area contributed by atoms with Crippen molar-refractivity contribution in [3.05, 3.63) is 41.4 Å². The standard InChI is InChI=1S/C11H8N2OS/c14-8-12-6-10-7-15-11(13-10)9-4-2-1-3-5-9/h1-5,7H,6H2. The van der Waals surface area contributed by atoms with Crippen LogP contribution in [0.4, 0.5) is 0 Å². The normalized spacial score (nSPS) is 9.60. The van der Waals surface area contributed by atoms with E-state index in [0.29, 0.717) is 6.54 Å². The van der Waals surface area contributed by atoms with E-state index in [9.17, 15) is 4.79 Å². The summed E-state index contributed by atoms with van der Waals surface area (Å²) in [5.74, 6) is 0. The van der Waals surface area contributed by atoms with Crippen LogP contribution >= 0.6 is 11.3 Å². The summed E-state index contributed by atoms with van der Waals surface area (Å²) >= 11 is 1.55. The first-order valence-corrected chi connectivity index (χ1v) is 5.31. The molecule has 0 saturated carbocycles. The number of thiazole rings is 1. The summed E-state index contributed by atoms with van der Waals surface area (Å²) in [6.07, 6.45) is 1.50. The van der Waals surface area contributed by atoms with Gasteiger partial charge in [0.15, 0.2) is 0 Å². The van der Waals surface area contributed by atoms with Crippen LogP contribution in [0, 0.1) is 0 Å². The molecule has 0 spiro atoms. The molecule has 0 atom stereocenters. The van der Waals surface area contributed by atoms with Gasteiger partial charge in [0.1, 0.15) is 5.01 Å². The Hall–Kier alpha value is -1.77. The molecule has 0 bridgehead atoms. The first kappa shape index (κ1) is 9.77. The molecule has 2 aromatic rings. The number of hydrogen-bond acceptors (Lipinski definition) is 4. The topological polar surface area (TPSA) is 42.3 Å². The molecule has 2 rings (SSSR count). The molecule has 0 aliphatic carbocycles. The molecule has 0 aliphatic rings. The van der Waals surface area contributed by atoms with Gasteiger partial charge in [0.25, 0.3) is 0 Å². The van der Waals surface area contributed by atoms with Gasteiger partial charge >= 0.3 is 0 Å². The summed E-state index contributed by atoms with van der Waals surface area (Å²) < 4.78 is 0. The second-order valence-corrected chi connectivity index (χ2v) is 3.78. The molecule has 1 aromatic carbocycles. The van der Waals surface area contributed by atoms with Gasteiger partial charge in [-0.25, -0.2) is 9.78 Å². The van der Waals surface area contributed by atoms with Gasteiger partial charge in [-0.2, -0.15) is 4.99 Å². The van der Waals surface area contributed by atoms with E-state index >= 15 is 0 Å². The third-order valence-electron chi connectivity index (χ3n) is 1.88. The van der Waals surface area contributed by atoms with Crippen molar-refractivity contribution in [2.24, 2.45) is 4.99 Å². The van der Waals surface area contributed by atoms with Crippen LogP contribution in [-0.4, -0.2) is 11.1 Å². The minimum atomic E-state index is 0.312. The van der Waals surface area contributed by atoms with Crippen LogP contribution in [0.15, 0.2) is 40.7 Å². The van der Waals surface area contributed by atoms with Crippen molar-refractivity contribution in [2.45, 2.75) is 6.54 Å². The average molecular weight is 216 g/mol. The number of carbonyl (C=O) groups excluding carboxylic acids is 1. The van der Waals surface area contributed by atoms with Gasteiger partial charge in [0, 0.05) is 10.9 Å². The predicted octanol–water partition coefficient (Wildman–Crippen LogP) is 2.65. The molecule has 0 unspecified atom stereocenters. The van der Waals surface area contributed by atoms with Gasteiger partial charge in [0.2, 0.25) is 6.08 Å². The molecule has 4 heteroatoms. The molecular formula is C11H8N2OS. The van der Waals surface area contributed by atoms with Gasteiger partial charge in [-0.15, -0.1) is 11.3 Å². The maximum absolute atomic E-state index is 9.94. The SMILES string of the molecule is O=C=NCc1csc(-c2ccccc2)n1. The van der Waals surface area contributed by atoms with Crippen molar-refractivity contribution >= 4 is 17.4 Å². The second kappa shape index (κ2) is 4.64. The van der Waals surface area contributed by atoms with Gasteiger partial charge in [-0.05, 0) is 0 Å². The fourth-order valence-electron chi connectivity index (χ4n) is 1.21. The van der Waals surface area contributed by atoms with Crippen molar-refractivity contribution in [2.75, 3.05) is 0 Å². The van der Waals surface area contributed by atoms with Crippen molar-refractivity contribution in [1.29, 1.82) is 0 Å². The van der Waals surface area contributed by atoms with Gasteiger partial charge in [-0.1, -0.05) is 30.3 Å². The number of isocyanates is 1. The highest BCUT2D eigenvalue weighted by Crippen LogP contribution is 2.23. The van der Waals surface area contributed by atoms with E-state index in [1.54, 1.807) is 11.3 Å². The van der Waals surface area contributed by atoms with Crippen LogP contribution < -0.4 is 0 Å². The highest BCUT2D eigenvalue weighted by molar-refractivity contribution is 7.13. The lowest BCUT2D eigenvalue weighted by atomic mass is 10.2. The molecule has 3 nitrogen and oxygen atoms in total. The van der Waals surface area contributed by atoms with Gasteiger partial charge < -0.3 is 0 Å². The molecule has 15 heavy (non-hydrogen) atoms. The van der Waals surface area contributed by atoms with Crippen molar-refractivity contribution in [3.8, 4) is 10.6 Å². The van der Waals surface area contributed by atoms with Gasteiger partial charge in [0.05, 0.1) is 12.2 Å². The van der Waals surface area contributed by atoms with E-state index in [1.165, 1.54) is 6.08 Å². The number of aromatic nitrogens is 1. The van der Waals surface area contributed by atoms with Gasteiger partial charge in [-0.3, -0.25) is 0 Å². The summed E-state index contributed by atoms with van der Waals surface area (Å²) in [4.78, 5) is 17.8. The Kier molecular flexibility index (Phi) is 3.02. The van der Waals surface area contributed by atoms with E-state index in [4.69, 9.17) is 0 Å². The maximum Gasteiger partial charge on any atom is 0.235 e. The van der Waals surface area contributed by atoms with Crippen LogP contribution in [0.25, 0.3) is 10.6 Å². The first-order valence-electron chi connectivity index (χ1n) is 4.43. The Morgan fingerprint density at radius 1 is 1.33 bits per heavy atom. The lowest BCUT2D eigenvalue weighted by Crippen LogP contribution is -1.81. The molecule has 0 fully saturated rings. The number of aliphatic imine (C=N–C) groups is 1. The largest absolute Gasteiger partial charge is 0.239 e. The molecular weight excluding hydrogens is 208 g/mol. The summed E-state index contributed by atoms with van der Waals surface area (Å²) in [6.45, 7) is 0.312. The van der Waals surface area contributed by atoms with E-state index in [2.05, 4.69) is 9.98 Å². The highest BCUT2D eigenvalue weighted by atomic mass is 32.1. The Balaban J connectivity index is 2.24. The molecule has 0 N–H and O–H groups in total. The monoisotopic (exact) mass is 216 g/mol. The van der Waals surface area contributed by atoms with E-state index in [-0.39, 0.29) is 0 Å². The second-order valence-electron chi connectivity index (χ2n) is 2.92. The van der Waals surface area contributed by atoms with Crippen LogP contribution in [0.1, 0.15) is 5.69 Å². The van der Waals surface area contributed by atoms with Crippen LogP contribution in [0.2, 0.25) is 0 Å². The minimum Gasteiger partial charge on any atom is -0.239 e. The molecule has 1 heterocycles. The lowest BCUT2D eigenvalue weighted by Gasteiger charge is -1.93. The number of hydrogen-bond donors (Lipinski definition) is 0. The molecule has 74 valence electrons. The zero-order valence-electron chi connectivity index (χ0n) is 7.88. The van der Waals surface area contributed by atoms with Crippen LogP contribution in [0.3, 0.4) is 0 Å². The predicted molar refractivity (Wildman–Crippen MR) is 59.4 cm³/mol. The molecule has 0 saturated heterocycles. The Morgan fingerprint density at radius 2 is 2.13 bits per heavy atom.